The Balaban J connectivity index is 2.03. The van der Waals surface area contributed by atoms with Gasteiger partial charge in [0.2, 0.25) is 11.8 Å². The molecule has 5 nitrogen and oxygen atoms in total. The predicted molar refractivity (Wildman–Crippen MR) is 66.6 cm³/mol. The van der Waals surface area contributed by atoms with Crippen LogP contribution in [0.4, 0.5) is 0 Å². The molecule has 2 amide bonds. The molecule has 0 aromatic carbocycles. The number of carbonyl (C=O) groups is 2. The van der Waals surface area contributed by atoms with Crippen LogP contribution in [0.15, 0.2) is 24.5 Å². The van der Waals surface area contributed by atoms with Gasteiger partial charge in [-0.15, -0.1) is 0 Å². The molecule has 96 valence electrons. The fourth-order valence-corrected chi connectivity index (χ4v) is 2.18. The van der Waals surface area contributed by atoms with Crippen molar-refractivity contribution in [3.8, 4) is 0 Å². The lowest BCUT2D eigenvalue weighted by Crippen LogP contribution is -2.39. The summed E-state index contributed by atoms with van der Waals surface area (Å²) < 4.78 is 0. The highest BCUT2D eigenvalue weighted by Crippen LogP contribution is 2.17. The summed E-state index contributed by atoms with van der Waals surface area (Å²) in [6, 6.07) is 3.39. The summed E-state index contributed by atoms with van der Waals surface area (Å²) in [4.78, 5) is 28.9. The van der Waals surface area contributed by atoms with E-state index in [1.165, 1.54) is 4.90 Å². The van der Waals surface area contributed by atoms with Crippen molar-refractivity contribution in [1.82, 2.24) is 15.2 Å². The molecule has 1 fully saturated rings. The van der Waals surface area contributed by atoms with Gasteiger partial charge >= 0.3 is 0 Å². The Morgan fingerprint density at radius 2 is 2.33 bits per heavy atom. The number of likely N-dealkylation sites (N-methyl/N-ethyl adjacent to an activating group) is 1. The fourth-order valence-electron chi connectivity index (χ4n) is 2.18. The molecule has 0 aliphatic carbocycles. The van der Waals surface area contributed by atoms with Gasteiger partial charge in [0.1, 0.15) is 0 Å². The van der Waals surface area contributed by atoms with E-state index in [0.29, 0.717) is 6.54 Å². The first-order valence-corrected chi connectivity index (χ1v) is 6.13. The van der Waals surface area contributed by atoms with Gasteiger partial charge < -0.3 is 0 Å². The van der Waals surface area contributed by atoms with Crippen LogP contribution < -0.4 is 5.32 Å². The first kappa shape index (κ1) is 12.7. The van der Waals surface area contributed by atoms with E-state index in [1.54, 1.807) is 12.4 Å². The molecule has 1 aliphatic rings. The second kappa shape index (κ2) is 5.27. The molecular weight excluding hydrogens is 230 g/mol. The third-order valence-corrected chi connectivity index (χ3v) is 3.20. The summed E-state index contributed by atoms with van der Waals surface area (Å²) in [5.74, 6) is -0.225. The molecule has 2 atom stereocenters. The zero-order valence-electron chi connectivity index (χ0n) is 10.6. The number of aromatic nitrogens is 1. The zero-order chi connectivity index (χ0) is 13.1. The van der Waals surface area contributed by atoms with E-state index in [-0.39, 0.29) is 24.3 Å². The molecule has 1 aromatic rings. The van der Waals surface area contributed by atoms with E-state index in [1.807, 2.05) is 26.0 Å². The minimum Gasteiger partial charge on any atom is -0.299 e. The maximum atomic E-state index is 11.9. The van der Waals surface area contributed by atoms with Gasteiger partial charge in [0.05, 0.1) is 12.5 Å². The summed E-state index contributed by atoms with van der Waals surface area (Å²) in [6.45, 7) is 4.21. The number of likely N-dealkylation sites (tertiary alicyclic amines) is 1. The second-order valence-electron chi connectivity index (χ2n) is 4.41. The Labute approximate surface area is 106 Å². The van der Waals surface area contributed by atoms with Gasteiger partial charge in [-0.05, 0) is 25.5 Å². The molecule has 2 unspecified atom stereocenters. The topological polar surface area (TPSA) is 62.3 Å². The molecule has 0 saturated carbocycles. The van der Waals surface area contributed by atoms with Crippen molar-refractivity contribution in [2.24, 2.45) is 0 Å². The van der Waals surface area contributed by atoms with Crippen LogP contribution in [-0.4, -0.2) is 34.3 Å². The summed E-state index contributed by atoms with van der Waals surface area (Å²) in [5.41, 5.74) is 1.01. The Hall–Kier alpha value is -1.75. The summed E-state index contributed by atoms with van der Waals surface area (Å²) in [7, 11) is 0. The number of pyridine rings is 1. The van der Waals surface area contributed by atoms with Crippen LogP contribution in [0.5, 0.6) is 0 Å². The molecule has 2 rings (SSSR count). The van der Waals surface area contributed by atoms with Gasteiger partial charge in [0.15, 0.2) is 0 Å². The second-order valence-corrected chi connectivity index (χ2v) is 4.41. The van der Waals surface area contributed by atoms with E-state index in [9.17, 15) is 9.59 Å². The van der Waals surface area contributed by atoms with E-state index in [0.717, 1.165) is 5.56 Å². The quantitative estimate of drug-likeness (QED) is 0.802. The summed E-state index contributed by atoms with van der Waals surface area (Å²) >= 11 is 0. The maximum absolute atomic E-state index is 11.9. The summed E-state index contributed by atoms with van der Waals surface area (Å²) in [5, 5.41) is 3.19. The Bertz CT molecular complexity index is 447. The van der Waals surface area contributed by atoms with Gasteiger partial charge in [-0.3, -0.25) is 24.8 Å². The molecule has 1 aromatic heterocycles. The zero-order valence-corrected chi connectivity index (χ0v) is 10.6. The highest BCUT2D eigenvalue weighted by atomic mass is 16.2. The lowest BCUT2D eigenvalue weighted by Gasteiger charge is -2.18. The third kappa shape index (κ3) is 2.41. The van der Waals surface area contributed by atoms with Crippen molar-refractivity contribution in [3.05, 3.63) is 30.1 Å². The third-order valence-electron chi connectivity index (χ3n) is 3.20. The minimum absolute atomic E-state index is 0.00254. The van der Waals surface area contributed by atoms with E-state index >= 15 is 0 Å². The molecule has 0 bridgehead atoms. The molecule has 1 N–H and O–H groups in total. The Morgan fingerprint density at radius 3 is 2.89 bits per heavy atom. The fraction of sp³-hybridized carbons (Fsp3) is 0.462. The summed E-state index contributed by atoms with van der Waals surface area (Å²) in [6.07, 6.45) is 3.72. The molecule has 1 aliphatic heterocycles. The van der Waals surface area contributed by atoms with Gasteiger partial charge in [-0.2, -0.15) is 0 Å². The standard InChI is InChI=1S/C13H17N3O2/c1-3-16-12(17)7-11(13(16)18)15-9(2)10-5-4-6-14-8-10/h4-6,8-9,11,15H,3,7H2,1-2H3. The van der Waals surface area contributed by atoms with Crippen molar-refractivity contribution in [2.45, 2.75) is 32.4 Å². The van der Waals surface area contributed by atoms with Crippen molar-refractivity contribution in [2.75, 3.05) is 6.54 Å². The average molecular weight is 247 g/mol. The number of imide groups is 1. The van der Waals surface area contributed by atoms with Crippen LogP contribution in [-0.2, 0) is 9.59 Å². The van der Waals surface area contributed by atoms with Crippen LogP contribution >= 0.6 is 0 Å². The van der Waals surface area contributed by atoms with Crippen molar-refractivity contribution in [3.63, 3.8) is 0 Å². The number of hydrogen-bond donors (Lipinski definition) is 1. The smallest absolute Gasteiger partial charge is 0.246 e. The van der Waals surface area contributed by atoms with E-state index in [4.69, 9.17) is 0 Å². The molecular formula is C13H17N3O2. The molecule has 0 radical (unpaired) electrons. The van der Waals surface area contributed by atoms with Crippen LogP contribution in [0.1, 0.15) is 31.9 Å². The molecule has 5 heteroatoms. The van der Waals surface area contributed by atoms with Crippen LogP contribution in [0, 0.1) is 0 Å². The molecule has 0 spiro atoms. The normalized spacial score (nSPS) is 21.4. The van der Waals surface area contributed by atoms with E-state index in [2.05, 4.69) is 10.3 Å². The lowest BCUT2D eigenvalue weighted by atomic mass is 10.1. The number of nitrogens with one attached hydrogen (secondary N) is 1. The monoisotopic (exact) mass is 247 g/mol. The van der Waals surface area contributed by atoms with Crippen molar-refractivity contribution in [1.29, 1.82) is 0 Å². The Kier molecular flexibility index (Phi) is 3.72. The van der Waals surface area contributed by atoms with Crippen molar-refractivity contribution >= 4 is 11.8 Å². The van der Waals surface area contributed by atoms with Gasteiger partial charge in [0.25, 0.3) is 0 Å². The van der Waals surface area contributed by atoms with Crippen LogP contribution in [0.3, 0.4) is 0 Å². The molecule has 1 saturated heterocycles. The van der Waals surface area contributed by atoms with Gasteiger partial charge in [-0.1, -0.05) is 6.07 Å². The number of nitrogens with zero attached hydrogens (tertiary/aromatic N) is 2. The first-order chi connectivity index (χ1) is 8.63. The molecule has 18 heavy (non-hydrogen) atoms. The first-order valence-electron chi connectivity index (χ1n) is 6.13. The largest absolute Gasteiger partial charge is 0.299 e. The van der Waals surface area contributed by atoms with E-state index < -0.39 is 6.04 Å². The average Bonchev–Trinajstić information content (AvgIpc) is 2.65. The minimum atomic E-state index is -0.410. The molecule has 2 heterocycles. The predicted octanol–water partition coefficient (Wildman–Crippen LogP) is 0.880. The number of amides is 2. The van der Waals surface area contributed by atoms with Crippen LogP contribution in [0.2, 0.25) is 0 Å². The highest BCUT2D eigenvalue weighted by molar-refractivity contribution is 6.05. The van der Waals surface area contributed by atoms with Crippen molar-refractivity contribution < 1.29 is 9.59 Å². The van der Waals surface area contributed by atoms with Gasteiger partial charge in [0, 0.05) is 25.0 Å². The lowest BCUT2D eigenvalue weighted by molar-refractivity contribution is -0.138. The van der Waals surface area contributed by atoms with Gasteiger partial charge in [-0.25, -0.2) is 0 Å². The van der Waals surface area contributed by atoms with Crippen LogP contribution in [0.25, 0.3) is 0 Å². The Morgan fingerprint density at radius 1 is 1.56 bits per heavy atom. The number of hydrogen-bond acceptors (Lipinski definition) is 4. The SMILES string of the molecule is CCN1C(=O)CC(NC(C)c2cccnc2)C1=O. The number of carbonyl (C=O) groups excluding carboxylic acids is 2. The maximum Gasteiger partial charge on any atom is 0.246 e. The number of rotatable bonds is 4. The highest BCUT2D eigenvalue weighted by Gasteiger charge is 2.37.